The van der Waals surface area contributed by atoms with E-state index in [9.17, 15) is 0 Å². The third-order valence-electron chi connectivity index (χ3n) is 14.6. The highest BCUT2D eigenvalue weighted by Crippen LogP contribution is 2.68. The molecule has 0 nitrogen and oxygen atoms in total. The van der Waals surface area contributed by atoms with E-state index in [0.717, 1.165) is 47.3 Å². The van der Waals surface area contributed by atoms with Crippen LogP contribution in [0, 0.1) is 47.3 Å². The van der Waals surface area contributed by atoms with Gasteiger partial charge in [-0.05, 0) is 129 Å². The molecule has 7 aliphatic rings. The van der Waals surface area contributed by atoms with Gasteiger partial charge in [0.15, 0.2) is 0 Å². The van der Waals surface area contributed by atoms with Crippen molar-refractivity contribution in [3.8, 4) is 0 Å². The SMILES string of the molecule is C1CCC(C2CCC3CCCCC3C2C2C3CCCCC3CCC2P(C2CCCCC2)C2CCCCC2)CC1. The first-order valence-corrected chi connectivity index (χ1v) is 20.7. The summed E-state index contributed by atoms with van der Waals surface area (Å²) in [6.07, 6.45) is 43.4. The summed E-state index contributed by atoms with van der Waals surface area (Å²) in [5, 5.41) is 0. The topological polar surface area (TPSA) is 0 Å². The second-order valence-corrected chi connectivity index (χ2v) is 19.4. The molecule has 7 rings (SSSR count). The molecule has 0 aromatic carbocycles. The molecule has 7 saturated carbocycles. The normalized spacial score (nSPS) is 43.6. The highest BCUT2D eigenvalue weighted by atomic mass is 31.1. The molecule has 0 radical (unpaired) electrons. The zero-order chi connectivity index (χ0) is 26.0. The third-order valence-corrected chi connectivity index (χ3v) is 18.7. The second-order valence-electron chi connectivity index (χ2n) is 16.4. The summed E-state index contributed by atoms with van der Waals surface area (Å²) in [5.74, 6) is 9.11. The number of hydrogen-bond donors (Lipinski definition) is 0. The highest BCUT2D eigenvalue weighted by molar-refractivity contribution is 7.60. The summed E-state index contributed by atoms with van der Waals surface area (Å²) < 4.78 is 0. The van der Waals surface area contributed by atoms with Crippen LogP contribution >= 0.6 is 7.92 Å². The number of fused-ring (bicyclic) bond motifs is 2. The summed E-state index contributed by atoms with van der Waals surface area (Å²) in [6.45, 7) is 0. The Bertz CT molecular complexity index is 724. The predicted octanol–water partition coefficient (Wildman–Crippen LogP) is 12.1. The maximum atomic E-state index is 1.69. The third kappa shape index (κ3) is 5.97. The quantitative estimate of drug-likeness (QED) is 0.298. The van der Waals surface area contributed by atoms with Crippen molar-refractivity contribution in [1.29, 1.82) is 0 Å². The van der Waals surface area contributed by atoms with Crippen molar-refractivity contribution < 1.29 is 0 Å². The minimum atomic E-state index is 0.227. The van der Waals surface area contributed by atoms with Gasteiger partial charge < -0.3 is 0 Å². The fourth-order valence-corrected chi connectivity index (χ4v) is 18.0. The monoisotopic (exact) mass is 552 g/mol. The maximum Gasteiger partial charge on any atom is -0.0170 e. The summed E-state index contributed by atoms with van der Waals surface area (Å²) in [5.41, 5.74) is 3.52. The van der Waals surface area contributed by atoms with Gasteiger partial charge in [-0.3, -0.25) is 0 Å². The fourth-order valence-electron chi connectivity index (χ4n) is 13.2. The van der Waals surface area contributed by atoms with Crippen molar-refractivity contribution in [2.24, 2.45) is 47.3 Å². The van der Waals surface area contributed by atoms with E-state index in [-0.39, 0.29) is 7.92 Å². The van der Waals surface area contributed by atoms with E-state index in [1.54, 1.807) is 173 Å². The van der Waals surface area contributed by atoms with Gasteiger partial charge in [-0.1, -0.05) is 117 Å². The molecular weight excluding hydrogens is 487 g/mol. The summed E-state index contributed by atoms with van der Waals surface area (Å²) in [7, 11) is 0.227. The Kier molecular flexibility index (Phi) is 9.68. The zero-order valence-corrected chi connectivity index (χ0v) is 26.8. The largest absolute Gasteiger partial charge is 0.0968 e. The van der Waals surface area contributed by atoms with E-state index in [1.807, 2.05) is 0 Å². The van der Waals surface area contributed by atoms with Gasteiger partial charge >= 0.3 is 0 Å². The van der Waals surface area contributed by atoms with Gasteiger partial charge in [-0.2, -0.15) is 0 Å². The van der Waals surface area contributed by atoms with Crippen LogP contribution in [-0.2, 0) is 0 Å². The van der Waals surface area contributed by atoms with E-state index < -0.39 is 0 Å². The molecule has 0 N–H and O–H groups in total. The van der Waals surface area contributed by atoms with Crippen molar-refractivity contribution in [3.05, 3.63) is 0 Å². The van der Waals surface area contributed by atoms with Gasteiger partial charge in [0.25, 0.3) is 0 Å². The molecule has 8 atom stereocenters. The van der Waals surface area contributed by atoms with Crippen LogP contribution < -0.4 is 0 Å². The van der Waals surface area contributed by atoms with Crippen molar-refractivity contribution in [2.75, 3.05) is 0 Å². The minimum Gasteiger partial charge on any atom is -0.0968 e. The lowest BCUT2D eigenvalue weighted by atomic mass is 9.49. The van der Waals surface area contributed by atoms with Gasteiger partial charge in [-0.25, -0.2) is 0 Å². The number of hydrogen-bond acceptors (Lipinski definition) is 0. The fraction of sp³-hybridized carbons (Fsp3) is 1.00. The molecule has 0 aromatic heterocycles. The van der Waals surface area contributed by atoms with Crippen LogP contribution in [0.5, 0.6) is 0 Å². The van der Waals surface area contributed by atoms with Crippen LogP contribution in [0.15, 0.2) is 0 Å². The molecule has 1 heteroatoms. The Morgan fingerprint density at radius 3 is 1.23 bits per heavy atom. The van der Waals surface area contributed by atoms with E-state index in [4.69, 9.17) is 0 Å². The van der Waals surface area contributed by atoms with E-state index in [0.29, 0.717) is 0 Å². The Hall–Kier alpha value is 0.430. The van der Waals surface area contributed by atoms with Gasteiger partial charge in [0.05, 0.1) is 0 Å². The first kappa shape index (κ1) is 28.2. The molecule has 7 aliphatic carbocycles. The van der Waals surface area contributed by atoms with Crippen molar-refractivity contribution in [2.45, 2.75) is 190 Å². The summed E-state index contributed by atoms with van der Waals surface area (Å²) >= 11 is 0. The molecule has 0 aliphatic heterocycles. The molecule has 0 amide bonds. The van der Waals surface area contributed by atoms with Crippen LogP contribution in [0.3, 0.4) is 0 Å². The van der Waals surface area contributed by atoms with Crippen molar-refractivity contribution in [3.63, 3.8) is 0 Å². The predicted molar refractivity (Wildman–Crippen MR) is 171 cm³/mol. The molecule has 0 bridgehead atoms. The van der Waals surface area contributed by atoms with Gasteiger partial charge in [0.2, 0.25) is 0 Å². The Labute approximate surface area is 245 Å². The Morgan fingerprint density at radius 2 is 0.667 bits per heavy atom. The molecule has 0 aromatic rings. The molecule has 0 saturated heterocycles. The van der Waals surface area contributed by atoms with Crippen LogP contribution in [0.25, 0.3) is 0 Å². The lowest BCUT2D eigenvalue weighted by molar-refractivity contribution is -0.0605. The maximum absolute atomic E-state index is 1.69. The zero-order valence-electron chi connectivity index (χ0n) is 25.9. The molecule has 7 fully saturated rings. The van der Waals surface area contributed by atoms with E-state index in [2.05, 4.69) is 0 Å². The molecular formula is C38H65P. The highest BCUT2D eigenvalue weighted by Gasteiger charge is 2.55. The van der Waals surface area contributed by atoms with Gasteiger partial charge in [0, 0.05) is 0 Å². The standard InChI is InChI=1S/C38H65P/c1-4-14-28(15-5-1)35-26-24-29-16-10-12-22-33(29)37(35)38-34-23-13-11-17-30(34)25-27-36(38)39(31-18-6-2-7-19-31)32-20-8-3-9-21-32/h28-38H,1-27H2. The van der Waals surface area contributed by atoms with Crippen LogP contribution in [0.2, 0.25) is 0 Å². The smallest absolute Gasteiger partial charge is 0.0170 e. The average molecular weight is 553 g/mol. The Balaban J connectivity index is 1.28. The summed E-state index contributed by atoms with van der Waals surface area (Å²) in [4.78, 5) is 0. The first-order chi connectivity index (χ1) is 19.4. The second kappa shape index (κ2) is 13.4. The average Bonchev–Trinajstić information content (AvgIpc) is 3.02. The lowest BCUT2D eigenvalue weighted by Crippen LogP contribution is -2.52. The van der Waals surface area contributed by atoms with Gasteiger partial charge in [-0.15, -0.1) is 0 Å². The van der Waals surface area contributed by atoms with Crippen LogP contribution in [0.1, 0.15) is 173 Å². The summed E-state index contributed by atoms with van der Waals surface area (Å²) in [6, 6.07) is 0. The van der Waals surface area contributed by atoms with Crippen molar-refractivity contribution >= 4 is 7.92 Å². The minimum absolute atomic E-state index is 0.227. The molecule has 8 unspecified atom stereocenters. The van der Waals surface area contributed by atoms with E-state index >= 15 is 0 Å². The molecule has 39 heavy (non-hydrogen) atoms. The van der Waals surface area contributed by atoms with Crippen LogP contribution in [0.4, 0.5) is 0 Å². The lowest BCUT2D eigenvalue weighted by Gasteiger charge is -2.60. The first-order valence-electron chi connectivity index (χ1n) is 19.2. The van der Waals surface area contributed by atoms with Crippen LogP contribution in [-0.4, -0.2) is 17.0 Å². The number of rotatable bonds is 5. The Morgan fingerprint density at radius 1 is 0.282 bits per heavy atom. The van der Waals surface area contributed by atoms with Gasteiger partial charge in [0.1, 0.15) is 0 Å². The van der Waals surface area contributed by atoms with E-state index in [1.165, 1.54) is 17.0 Å². The molecule has 0 heterocycles. The molecule has 0 spiro atoms. The van der Waals surface area contributed by atoms with Crippen molar-refractivity contribution in [1.82, 2.24) is 0 Å². The molecule has 222 valence electrons.